The topological polar surface area (TPSA) is 70.8 Å². The summed E-state index contributed by atoms with van der Waals surface area (Å²) in [7, 11) is -3.50. The largest absolute Gasteiger partial charge is 0.462 e. The molecule has 7 heteroatoms. The van der Waals surface area contributed by atoms with Crippen LogP contribution in [-0.2, 0) is 21.2 Å². The van der Waals surface area contributed by atoms with Crippen molar-refractivity contribution in [3.63, 3.8) is 0 Å². The number of nitrogens with zero attached hydrogens (tertiary/aromatic N) is 2. The Bertz CT molecular complexity index is 972. The van der Waals surface area contributed by atoms with Gasteiger partial charge in [0, 0.05) is 31.4 Å². The SMILES string of the molecule is CCN(CC)S(=O)(=O)c1ccc2c(c1)CCN2C(=O)/C=C/c1ccc(C)o1. The molecule has 0 saturated heterocycles. The predicted octanol–water partition coefficient (Wildman–Crippen LogP) is 3.22. The molecule has 0 bridgehead atoms. The van der Waals surface area contributed by atoms with E-state index in [9.17, 15) is 13.2 Å². The van der Waals surface area contributed by atoms with Gasteiger partial charge >= 0.3 is 0 Å². The molecule has 6 nitrogen and oxygen atoms in total. The van der Waals surface area contributed by atoms with Crippen LogP contribution in [0.3, 0.4) is 0 Å². The zero-order valence-electron chi connectivity index (χ0n) is 15.8. The normalized spacial score (nSPS) is 14.3. The first-order valence-electron chi connectivity index (χ1n) is 9.06. The smallest absolute Gasteiger partial charge is 0.251 e. The Kier molecular flexibility index (Phi) is 5.53. The second kappa shape index (κ2) is 7.70. The molecular formula is C20H24N2O4S. The number of fused-ring (bicyclic) bond motifs is 1. The third kappa shape index (κ3) is 3.84. The minimum absolute atomic E-state index is 0.151. The van der Waals surface area contributed by atoms with Crippen molar-refractivity contribution in [3.8, 4) is 0 Å². The van der Waals surface area contributed by atoms with E-state index in [1.165, 1.54) is 10.4 Å². The molecule has 0 fully saturated rings. The summed E-state index contributed by atoms with van der Waals surface area (Å²) in [5.74, 6) is 1.26. The minimum atomic E-state index is -3.50. The van der Waals surface area contributed by atoms with E-state index in [2.05, 4.69) is 0 Å². The van der Waals surface area contributed by atoms with Crippen molar-refractivity contribution in [2.24, 2.45) is 0 Å². The molecule has 1 aliphatic heterocycles. The fraction of sp³-hybridized carbons (Fsp3) is 0.350. The Hall–Kier alpha value is -2.38. The van der Waals surface area contributed by atoms with Gasteiger partial charge in [-0.25, -0.2) is 8.42 Å². The fourth-order valence-electron chi connectivity index (χ4n) is 3.27. The van der Waals surface area contributed by atoms with Crippen molar-refractivity contribution in [3.05, 3.63) is 53.5 Å². The van der Waals surface area contributed by atoms with Gasteiger partial charge in [0.15, 0.2) is 0 Å². The van der Waals surface area contributed by atoms with Gasteiger partial charge in [0.05, 0.1) is 4.90 Å². The van der Waals surface area contributed by atoms with Crippen LogP contribution < -0.4 is 4.90 Å². The van der Waals surface area contributed by atoms with E-state index in [1.807, 2.05) is 26.8 Å². The van der Waals surface area contributed by atoms with E-state index in [4.69, 9.17) is 4.42 Å². The number of furan rings is 1. The van der Waals surface area contributed by atoms with Crippen molar-refractivity contribution in [1.82, 2.24) is 4.31 Å². The number of amides is 1. The standard InChI is InChI=1S/C20H24N2O4S/c1-4-21(5-2)27(24,25)18-9-10-19-16(14-18)12-13-22(19)20(23)11-8-17-7-6-15(3)26-17/h6-11,14H,4-5,12-13H2,1-3H3/b11-8+. The van der Waals surface area contributed by atoms with Gasteiger partial charge in [-0.2, -0.15) is 4.31 Å². The maximum absolute atomic E-state index is 12.7. The van der Waals surface area contributed by atoms with Crippen molar-refractivity contribution in [2.45, 2.75) is 32.1 Å². The molecule has 0 unspecified atom stereocenters. The molecule has 0 spiro atoms. The monoisotopic (exact) mass is 388 g/mol. The quantitative estimate of drug-likeness (QED) is 0.713. The molecule has 2 heterocycles. The summed E-state index contributed by atoms with van der Waals surface area (Å²) >= 11 is 0. The molecule has 1 aromatic heterocycles. The molecule has 0 N–H and O–H groups in total. The summed E-state index contributed by atoms with van der Waals surface area (Å²) in [4.78, 5) is 14.5. The van der Waals surface area contributed by atoms with E-state index in [0.29, 0.717) is 31.8 Å². The molecule has 1 aromatic carbocycles. The van der Waals surface area contributed by atoms with Gasteiger partial charge in [-0.15, -0.1) is 0 Å². The number of hydrogen-bond donors (Lipinski definition) is 0. The summed E-state index contributed by atoms with van der Waals surface area (Å²) in [6, 6.07) is 8.64. The molecule has 2 aromatic rings. The number of carbonyl (C=O) groups excluding carboxylic acids is 1. The Morgan fingerprint density at radius 2 is 1.96 bits per heavy atom. The first-order valence-corrected chi connectivity index (χ1v) is 10.5. The van der Waals surface area contributed by atoms with Gasteiger partial charge < -0.3 is 9.32 Å². The van der Waals surface area contributed by atoms with Crippen LogP contribution >= 0.6 is 0 Å². The summed E-state index contributed by atoms with van der Waals surface area (Å²) in [6.45, 7) is 6.88. The van der Waals surface area contributed by atoms with Crippen LogP contribution in [0.2, 0.25) is 0 Å². The van der Waals surface area contributed by atoms with Crippen molar-refractivity contribution in [1.29, 1.82) is 0 Å². The van der Waals surface area contributed by atoms with Crippen LogP contribution in [0.25, 0.3) is 6.08 Å². The number of benzene rings is 1. The first-order chi connectivity index (χ1) is 12.9. The van der Waals surface area contributed by atoms with E-state index in [1.54, 1.807) is 35.2 Å². The van der Waals surface area contributed by atoms with Crippen LogP contribution in [0.4, 0.5) is 5.69 Å². The second-order valence-corrected chi connectivity index (χ2v) is 8.34. The van der Waals surface area contributed by atoms with Crippen LogP contribution in [-0.4, -0.2) is 38.3 Å². The molecule has 0 aliphatic carbocycles. The lowest BCUT2D eigenvalue weighted by Gasteiger charge is -2.19. The molecule has 0 atom stereocenters. The predicted molar refractivity (Wildman–Crippen MR) is 105 cm³/mol. The highest BCUT2D eigenvalue weighted by molar-refractivity contribution is 7.89. The van der Waals surface area contributed by atoms with Crippen LogP contribution in [0.5, 0.6) is 0 Å². The zero-order chi connectivity index (χ0) is 19.6. The Labute approximate surface area is 160 Å². The number of sulfonamides is 1. The number of hydrogen-bond acceptors (Lipinski definition) is 4. The molecular weight excluding hydrogens is 364 g/mol. The first kappa shape index (κ1) is 19.4. The molecule has 3 rings (SSSR count). The number of aryl methyl sites for hydroxylation is 1. The molecule has 1 amide bonds. The van der Waals surface area contributed by atoms with Crippen molar-refractivity contribution < 1.29 is 17.6 Å². The number of carbonyl (C=O) groups is 1. The third-order valence-corrected chi connectivity index (χ3v) is 6.75. The maximum Gasteiger partial charge on any atom is 0.251 e. The molecule has 0 radical (unpaired) electrons. The van der Waals surface area contributed by atoms with Gasteiger partial charge in [-0.3, -0.25) is 4.79 Å². The van der Waals surface area contributed by atoms with Gasteiger partial charge in [0.2, 0.25) is 10.0 Å². The third-order valence-electron chi connectivity index (χ3n) is 4.71. The fourth-order valence-corrected chi connectivity index (χ4v) is 4.78. The van der Waals surface area contributed by atoms with Crippen molar-refractivity contribution in [2.75, 3.05) is 24.5 Å². The molecule has 27 heavy (non-hydrogen) atoms. The summed E-state index contributed by atoms with van der Waals surface area (Å²) in [6.07, 6.45) is 3.76. The molecule has 144 valence electrons. The highest BCUT2D eigenvalue weighted by atomic mass is 32.2. The lowest BCUT2D eigenvalue weighted by Crippen LogP contribution is -2.30. The lowest BCUT2D eigenvalue weighted by atomic mass is 10.2. The molecule has 0 saturated carbocycles. The van der Waals surface area contributed by atoms with Gasteiger partial charge in [-0.05, 0) is 55.3 Å². The van der Waals surface area contributed by atoms with Crippen molar-refractivity contribution >= 4 is 27.7 Å². The van der Waals surface area contributed by atoms with E-state index in [0.717, 1.165) is 17.0 Å². The van der Waals surface area contributed by atoms with Gasteiger partial charge in [-0.1, -0.05) is 13.8 Å². The van der Waals surface area contributed by atoms with Crippen LogP contribution in [0.1, 0.15) is 30.9 Å². The van der Waals surface area contributed by atoms with E-state index in [-0.39, 0.29) is 10.8 Å². The Morgan fingerprint density at radius 3 is 2.59 bits per heavy atom. The lowest BCUT2D eigenvalue weighted by molar-refractivity contribution is -0.114. The number of anilines is 1. The summed E-state index contributed by atoms with van der Waals surface area (Å²) in [5.41, 5.74) is 1.64. The second-order valence-electron chi connectivity index (χ2n) is 6.40. The zero-order valence-corrected chi connectivity index (χ0v) is 16.6. The number of rotatable bonds is 6. The van der Waals surface area contributed by atoms with Crippen LogP contribution in [0, 0.1) is 6.92 Å². The van der Waals surface area contributed by atoms with E-state index < -0.39 is 10.0 Å². The summed E-state index contributed by atoms with van der Waals surface area (Å²) in [5, 5.41) is 0. The van der Waals surface area contributed by atoms with E-state index >= 15 is 0 Å². The maximum atomic E-state index is 12.7. The highest BCUT2D eigenvalue weighted by Gasteiger charge is 2.27. The van der Waals surface area contributed by atoms with Crippen LogP contribution in [0.15, 0.2) is 45.7 Å². The molecule has 1 aliphatic rings. The van der Waals surface area contributed by atoms with Gasteiger partial charge in [0.1, 0.15) is 11.5 Å². The average Bonchev–Trinajstić information content (AvgIpc) is 3.26. The Balaban J connectivity index is 1.82. The highest BCUT2D eigenvalue weighted by Crippen LogP contribution is 2.31. The average molecular weight is 388 g/mol. The summed E-state index contributed by atoms with van der Waals surface area (Å²) < 4.78 is 32.3. The Morgan fingerprint density at radius 1 is 1.22 bits per heavy atom. The van der Waals surface area contributed by atoms with Gasteiger partial charge in [0.25, 0.3) is 5.91 Å². The minimum Gasteiger partial charge on any atom is -0.462 e.